The zero-order chi connectivity index (χ0) is 16.1. The third-order valence-electron chi connectivity index (χ3n) is 4.19. The molecule has 8 heteroatoms. The standard InChI is InChI=1S/C16H25N3O3.2ClH/c1-12(2)3-5-14(18-9-7-17-8-10-18)13-4-6-16(20)15(11-13)19(21)22;;/h4,6,11-12,14,17,20H,3,5,7-10H2,1-2H3;2*1H/t14-;;/m0../s1. The van der Waals surface area contributed by atoms with Gasteiger partial charge in [0.1, 0.15) is 0 Å². The zero-order valence-electron chi connectivity index (χ0n) is 14.1. The Hall–Kier alpha value is -1.08. The van der Waals surface area contributed by atoms with Crippen molar-refractivity contribution in [2.24, 2.45) is 5.92 Å². The smallest absolute Gasteiger partial charge is 0.311 e. The zero-order valence-corrected chi connectivity index (χ0v) is 15.7. The van der Waals surface area contributed by atoms with Crippen LogP contribution in [0.2, 0.25) is 0 Å². The number of nitrogens with zero attached hydrogens (tertiary/aromatic N) is 2. The SMILES string of the molecule is CC(C)CC[C@@H](c1ccc(O)c([N+](=O)[O-])c1)N1CCNCC1.Cl.Cl. The van der Waals surface area contributed by atoms with Gasteiger partial charge in [-0.3, -0.25) is 15.0 Å². The molecule has 0 saturated carbocycles. The minimum atomic E-state index is -0.518. The molecular weight excluding hydrogens is 353 g/mol. The van der Waals surface area contributed by atoms with Crippen molar-refractivity contribution in [3.8, 4) is 5.75 Å². The number of nitrogens with one attached hydrogen (secondary N) is 1. The molecule has 0 unspecified atom stereocenters. The summed E-state index contributed by atoms with van der Waals surface area (Å²) in [5.74, 6) is 0.328. The number of rotatable bonds is 6. The Morgan fingerprint density at radius 2 is 1.88 bits per heavy atom. The van der Waals surface area contributed by atoms with Crippen molar-refractivity contribution in [3.63, 3.8) is 0 Å². The van der Waals surface area contributed by atoms with Gasteiger partial charge in [0.05, 0.1) is 4.92 Å². The Balaban J connectivity index is 0.00000264. The van der Waals surface area contributed by atoms with Gasteiger partial charge in [-0.1, -0.05) is 19.9 Å². The molecule has 1 aliphatic rings. The molecule has 0 spiro atoms. The van der Waals surface area contributed by atoms with E-state index in [1.165, 1.54) is 12.1 Å². The Morgan fingerprint density at radius 1 is 1.25 bits per heavy atom. The summed E-state index contributed by atoms with van der Waals surface area (Å²) in [5, 5.41) is 24.0. The van der Waals surface area contributed by atoms with Crippen molar-refractivity contribution < 1.29 is 10.0 Å². The van der Waals surface area contributed by atoms with Crippen LogP contribution in [0, 0.1) is 16.0 Å². The highest BCUT2D eigenvalue weighted by atomic mass is 35.5. The second-order valence-corrected chi connectivity index (χ2v) is 6.28. The monoisotopic (exact) mass is 379 g/mol. The quantitative estimate of drug-likeness (QED) is 0.583. The van der Waals surface area contributed by atoms with E-state index < -0.39 is 4.92 Å². The molecule has 138 valence electrons. The van der Waals surface area contributed by atoms with Crippen LogP contribution < -0.4 is 5.32 Å². The first-order chi connectivity index (χ1) is 10.5. The Morgan fingerprint density at radius 3 is 2.42 bits per heavy atom. The summed E-state index contributed by atoms with van der Waals surface area (Å²) in [7, 11) is 0. The Labute approximate surface area is 155 Å². The van der Waals surface area contributed by atoms with Crippen LogP contribution in [0.1, 0.15) is 38.3 Å². The predicted octanol–water partition coefficient (Wildman–Crippen LogP) is 3.53. The fourth-order valence-corrected chi connectivity index (χ4v) is 2.94. The average Bonchev–Trinajstić information content (AvgIpc) is 2.49. The number of phenolic OH excluding ortho intramolecular Hbond substituents is 1. The third-order valence-corrected chi connectivity index (χ3v) is 4.19. The van der Waals surface area contributed by atoms with E-state index in [2.05, 4.69) is 24.1 Å². The number of hydrogen-bond donors (Lipinski definition) is 2. The topological polar surface area (TPSA) is 78.6 Å². The van der Waals surface area contributed by atoms with Gasteiger partial charge in [0.25, 0.3) is 0 Å². The minimum Gasteiger partial charge on any atom is -0.502 e. The fourth-order valence-electron chi connectivity index (χ4n) is 2.94. The number of nitro benzene ring substituents is 1. The van der Waals surface area contributed by atoms with Crippen molar-refractivity contribution >= 4 is 30.5 Å². The maximum absolute atomic E-state index is 11.1. The number of nitro groups is 1. The highest BCUT2D eigenvalue weighted by molar-refractivity contribution is 5.85. The van der Waals surface area contributed by atoms with Gasteiger partial charge in [0, 0.05) is 38.3 Å². The first-order valence-corrected chi connectivity index (χ1v) is 7.91. The second-order valence-electron chi connectivity index (χ2n) is 6.28. The summed E-state index contributed by atoms with van der Waals surface area (Å²) < 4.78 is 0. The summed E-state index contributed by atoms with van der Waals surface area (Å²) in [6.45, 7) is 8.15. The molecule has 0 aliphatic carbocycles. The van der Waals surface area contributed by atoms with E-state index in [1.54, 1.807) is 0 Å². The van der Waals surface area contributed by atoms with Gasteiger partial charge >= 0.3 is 5.69 Å². The van der Waals surface area contributed by atoms with E-state index in [1.807, 2.05) is 6.07 Å². The third kappa shape index (κ3) is 6.09. The van der Waals surface area contributed by atoms with Crippen LogP contribution in [0.25, 0.3) is 0 Å². The molecule has 0 amide bonds. The molecule has 2 rings (SSSR count). The van der Waals surface area contributed by atoms with Gasteiger partial charge in [-0.05, 0) is 30.4 Å². The first-order valence-electron chi connectivity index (χ1n) is 7.91. The number of aromatic hydroxyl groups is 1. The van der Waals surface area contributed by atoms with Gasteiger partial charge in [-0.15, -0.1) is 24.8 Å². The predicted molar refractivity (Wildman–Crippen MR) is 101 cm³/mol. The lowest BCUT2D eigenvalue weighted by atomic mass is 9.95. The molecule has 1 fully saturated rings. The van der Waals surface area contributed by atoms with Crippen LogP contribution in [0.15, 0.2) is 18.2 Å². The van der Waals surface area contributed by atoms with Crippen molar-refractivity contribution in [3.05, 3.63) is 33.9 Å². The molecule has 0 radical (unpaired) electrons. The van der Waals surface area contributed by atoms with Gasteiger partial charge in [-0.25, -0.2) is 0 Å². The van der Waals surface area contributed by atoms with Crippen molar-refractivity contribution in [2.45, 2.75) is 32.7 Å². The average molecular weight is 380 g/mol. The van der Waals surface area contributed by atoms with Crippen LogP contribution in [0.4, 0.5) is 5.69 Å². The fraction of sp³-hybridized carbons (Fsp3) is 0.625. The molecule has 0 aromatic heterocycles. The van der Waals surface area contributed by atoms with Crippen LogP contribution >= 0.6 is 24.8 Å². The summed E-state index contributed by atoms with van der Waals surface area (Å²) in [4.78, 5) is 12.9. The molecule has 1 saturated heterocycles. The number of benzene rings is 1. The Bertz CT molecular complexity index is 523. The molecule has 2 N–H and O–H groups in total. The molecule has 1 heterocycles. The van der Waals surface area contributed by atoms with Gasteiger partial charge in [-0.2, -0.15) is 0 Å². The first kappa shape index (κ1) is 22.9. The molecule has 6 nitrogen and oxygen atoms in total. The van der Waals surface area contributed by atoms with Crippen LogP contribution in [0.3, 0.4) is 0 Å². The number of halogens is 2. The number of piperazine rings is 1. The highest BCUT2D eigenvalue weighted by Gasteiger charge is 2.25. The summed E-state index contributed by atoms with van der Waals surface area (Å²) >= 11 is 0. The molecule has 0 bridgehead atoms. The molecule has 24 heavy (non-hydrogen) atoms. The number of phenols is 1. The van der Waals surface area contributed by atoms with E-state index in [0.29, 0.717) is 5.92 Å². The highest BCUT2D eigenvalue weighted by Crippen LogP contribution is 2.34. The van der Waals surface area contributed by atoms with Gasteiger partial charge in [0.2, 0.25) is 0 Å². The van der Waals surface area contributed by atoms with Crippen molar-refractivity contribution in [1.29, 1.82) is 0 Å². The lowest BCUT2D eigenvalue weighted by Gasteiger charge is -2.35. The summed E-state index contributed by atoms with van der Waals surface area (Å²) in [6.07, 6.45) is 2.04. The molecule has 1 aromatic carbocycles. The number of hydrogen-bond acceptors (Lipinski definition) is 5. The molecule has 1 aliphatic heterocycles. The second kappa shape index (κ2) is 10.7. The maximum Gasteiger partial charge on any atom is 0.311 e. The van der Waals surface area contributed by atoms with Crippen molar-refractivity contribution in [2.75, 3.05) is 26.2 Å². The van der Waals surface area contributed by atoms with E-state index in [-0.39, 0.29) is 42.3 Å². The Kier molecular flexibility index (Phi) is 10.2. The lowest BCUT2D eigenvalue weighted by Crippen LogP contribution is -2.45. The minimum absolute atomic E-state index is 0. The molecule has 1 aromatic rings. The van der Waals surface area contributed by atoms with Crippen molar-refractivity contribution in [1.82, 2.24) is 10.2 Å². The molecular formula is C16H27Cl2N3O3. The van der Waals surface area contributed by atoms with E-state index in [9.17, 15) is 15.2 Å². The van der Waals surface area contributed by atoms with Crippen LogP contribution in [-0.2, 0) is 0 Å². The lowest BCUT2D eigenvalue weighted by molar-refractivity contribution is -0.386. The summed E-state index contributed by atoms with van der Waals surface area (Å²) in [5.41, 5.74) is 0.717. The maximum atomic E-state index is 11.1. The van der Waals surface area contributed by atoms with Gasteiger partial charge < -0.3 is 10.4 Å². The van der Waals surface area contributed by atoms with E-state index in [0.717, 1.165) is 44.6 Å². The largest absolute Gasteiger partial charge is 0.502 e. The van der Waals surface area contributed by atoms with Crippen LogP contribution in [-0.4, -0.2) is 41.1 Å². The van der Waals surface area contributed by atoms with E-state index in [4.69, 9.17) is 0 Å². The van der Waals surface area contributed by atoms with Gasteiger partial charge in [0.15, 0.2) is 5.75 Å². The summed E-state index contributed by atoms with van der Waals surface area (Å²) in [6, 6.07) is 4.96. The normalized spacial score (nSPS) is 16.1. The molecule has 1 atom stereocenters. The van der Waals surface area contributed by atoms with Crippen LogP contribution in [0.5, 0.6) is 5.75 Å². The van der Waals surface area contributed by atoms with E-state index >= 15 is 0 Å².